The highest BCUT2D eigenvalue weighted by molar-refractivity contribution is 6.10. The molecular weight excluding hydrogens is 493 g/mol. The summed E-state index contributed by atoms with van der Waals surface area (Å²) in [5, 5.41) is 11.8. The van der Waals surface area contributed by atoms with E-state index < -0.39 is 17.6 Å². The summed E-state index contributed by atoms with van der Waals surface area (Å²) >= 11 is 0. The number of hydrogen-bond acceptors (Lipinski definition) is 7. The van der Waals surface area contributed by atoms with Crippen molar-refractivity contribution >= 4 is 34.5 Å². The molecule has 8 heteroatoms. The van der Waals surface area contributed by atoms with E-state index in [-0.39, 0.29) is 29.0 Å². The summed E-state index contributed by atoms with van der Waals surface area (Å²) < 4.78 is 22.8. The molecule has 7 nitrogen and oxygen atoms in total. The average molecular weight is 530 g/mol. The Morgan fingerprint density at radius 3 is 2.74 bits per heavy atom. The summed E-state index contributed by atoms with van der Waals surface area (Å²) in [5.41, 5.74) is 1.78. The molecule has 1 saturated carbocycles. The largest absolute Gasteiger partial charge is 0.462 e. The van der Waals surface area contributed by atoms with E-state index in [1.54, 1.807) is 6.20 Å². The Kier molecular flexibility index (Phi) is 6.16. The van der Waals surface area contributed by atoms with Crippen molar-refractivity contribution in [3.8, 4) is 0 Å². The van der Waals surface area contributed by atoms with E-state index in [0.717, 1.165) is 61.8 Å². The van der Waals surface area contributed by atoms with Gasteiger partial charge in [-0.15, -0.1) is 0 Å². The molecule has 1 aliphatic carbocycles. The van der Waals surface area contributed by atoms with Crippen LogP contribution in [-0.2, 0) is 4.74 Å². The number of benzene rings is 1. The second kappa shape index (κ2) is 9.59. The molecule has 4 atom stereocenters. The van der Waals surface area contributed by atoms with E-state index in [4.69, 9.17) is 14.7 Å². The summed E-state index contributed by atoms with van der Waals surface area (Å²) in [6.45, 7) is 4.65. The van der Waals surface area contributed by atoms with Gasteiger partial charge in [0.2, 0.25) is 0 Å². The molecule has 4 aliphatic heterocycles. The van der Waals surface area contributed by atoms with Gasteiger partial charge in [0.15, 0.2) is 5.83 Å². The number of halogens is 1. The van der Waals surface area contributed by atoms with Crippen LogP contribution in [0.15, 0.2) is 57.3 Å². The minimum Gasteiger partial charge on any atom is -0.462 e. The smallest absolute Gasteiger partial charge is 0.312 e. The number of aliphatic hydroxyl groups is 1. The van der Waals surface area contributed by atoms with Crippen molar-refractivity contribution in [2.45, 2.75) is 75.5 Å². The van der Waals surface area contributed by atoms with Gasteiger partial charge in [0.25, 0.3) is 0 Å². The SMILES string of the molecule is CC1(O)CCCC(C2=NC(OCC34CCCN3CCC4)=NC3C(F)=C(c4cccc5cccnc45)N=CC23)C1. The molecule has 204 valence electrons. The van der Waals surface area contributed by atoms with Crippen molar-refractivity contribution in [3.05, 3.63) is 47.9 Å². The predicted octanol–water partition coefficient (Wildman–Crippen LogP) is 5.34. The van der Waals surface area contributed by atoms with Crippen molar-refractivity contribution in [2.75, 3.05) is 19.7 Å². The van der Waals surface area contributed by atoms with Crippen LogP contribution in [0.2, 0.25) is 0 Å². The maximum absolute atomic E-state index is 16.5. The van der Waals surface area contributed by atoms with Crippen LogP contribution in [0.5, 0.6) is 0 Å². The Morgan fingerprint density at radius 1 is 1.10 bits per heavy atom. The Bertz CT molecular complexity index is 1400. The van der Waals surface area contributed by atoms with Crippen LogP contribution in [0.25, 0.3) is 16.6 Å². The molecule has 2 aromatic rings. The van der Waals surface area contributed by atoms with Gasteiger partial charge in [0, 0.05) is 35.0 Å². The van der Waals surface area contributed by atoms with Crippen molar-refractivity contribution in [2.24, 2.45) is 26.8 Å². The molecule has 7 rings (SSSR count). The van der Waals surface area contributed by atoms with E-state index in [9.17, 15) is 5.11 Å². The van der Waals surface area contributed by atoms with Gasteiger partial charge < -0.3 is 9.84 Å². The van der Waals surface area contributed by atoms with Gasteiger partial charge in [0.1, 0.15) is 18.3 Å². The third-order valence-electron chi connectivity index (χ3n) is 9.55. The zero-order valence-electron chi connectivity index (χ0n) is 22.5. The van der Waals surface area contributed by atoms with Crippen LogP contribution in [0.3, 0.4) is 0 Å². The molecular formula is C31H36FN5O2. The van der Waals surface area contributed by atoms with Gasteiger partial charge >= 0.3 is 6.02 Å². The summed E-state index contributed by atoms with van der Waals surface area (Å²) in [6.07, 6.45) is 11.3. The summed E-state index contributed by atoms with van der Waals surface area (Å²) in [7, 11) is 0. The summed E-state index contributed by atoms with van der Waals surface area (Å²) in [4.78, 5) is 21.4. The number of hydrogen-bond donors (Lipinski definition) is 1. The zero-order chi connectivity index (χ0) is 26.6. The predicted molar refractivity (Wildman–Crippen MR) is 152 cm³/mol. The van der Waals surface area contributed by atoms with E-state index in [0.29, 0.717) is 18.6 Å². The lowest BCUT2D eigenvalue weighted by Crippen LogP contribution is -2.45. The van der Waals surface area contributed by atoms with Gasteiger partial charge in [-0.3, -0.25) is 14.9 Å². The number of nitrogens with zero attached hydrogens (tertiary/aromatic N) is 5. The summed E-state index contributed by atoms with van der Waals surface area (Å²) in [6, 6.07) is 9.08. The third kappa shape index (κ3) is 4.42. The number of ether oxygens (including phenoxy) is 1. The molecule has 0 spiro atoms. The summed E-state index contributed by atoms with van der Waals surface area (Å²) in [5.74, 6) is -0.739. The molecule has 1 N–H and O–H groups in total. The number of amidine groups is 1. The number of rotatable bonds is 4. The maximum atomic E-state index is 16.5. The van der Waals surface area contributed by atoms with Crippen LogP contribution in [0.1, 0.15) is 63.9 Å². The molecule has 3 fully saturated rings. The first-order valence-electron chi connectivity index (χ1n) is 14.5. The standard InChI is InChI=1S/C31H36FN5O2/c1-30(38)11-3-8-21(17-30)26-23-18-34-27(22-10-2-7-20-9-4-14-33-25(20)22)24(32)28(23)36-29(35-26)39-19-31-12-5-15-37(31)16-6-13-31/h2,4,7,9-10,14,18,21,23,28,38H,3,5-6,8,11-13,15-17,19H2,1H3. The van der Waals surface area contributed by atoms with Crippen molar-refractivity contribution in [3.63, 3.8) is 0 Å². The van der Waals surface area contributed by atoms with Crippen molar-refractivity contribution in [1.29, 1.82) is 0 Å². The van der Waals surface area contributed by atoms with Gasteiger partial charge in [-0.2, -0.15) is 0 Å². The fourth-order valence-corrected chi connectivity index (χ4v) is 7.61. The third-order valence-corrected chi connectivity index (χ3v) is 9.55. The number of aromatic nitrogens is 1. The van der Waals surface area contributed by atoms with Crippen LogP contribution < -0.4 is 0 Å². The lowest BCUT2D eigenvalue weighted by molar-refractivity contribution is 0.0118. The monoisotopic (exact) mass is 529 g/mol. The fraction of sp³-hybridized carbons (Fsp3) is 0.548. The van der Waals surface area contributed by atoms with Gasteiger partial charge in [-0.05, 0) is 77.4 Å². The zero-order valence-corrected chi connectivity index (χ0v) is 22.5. The number of aliphatic imine (C=N–C) groups is 3. The molecule has 1 aromatic carbocycles. The number of pyridine rings is 1. The van der Waals surface area contributed by atoms with E-state index in [1.165, 1.54) is 12.8 Å². The quantitative estimate of drug-likeness (QED) is 0.580. The number of para-hydroxylation sites is 1. The normalized spacial score (nSPS) is 32.1. The van der Waals surface area contributed by atoms with Crippen LogP contribution in [0, 0.1) is 11.8 Å². The Morgan fingerprint density at radius 2 is 1.92 bits per heavy atom. The highest BCUT2D eigenvalue weighted by atomic mass is 19.1. The minimum absolute atomic E-state index is 0.0306. The molecule has 0 radical (unpaired) electrons. The minimum atomic E-state index is -0.786. The Hall–Kier alpha value is -2.97. The first-order valence-corrected chi connectivity index (χ1v) is 14.5. The van der Waals surface area contributed by atoms with Crippen LogP contribution in [-0.4, -0.2) is 69.8 Å². The molecule has 5 aliphatic rings. The number of fused-ring (bicyclic) bond motifs is 3. The second-order valence-corrected chi connectivity index (χ2v) is 12.3. The second-order valence-electron chi connectivity index (χ2n) is 12.3. The Balaban J connectivity index is 1.26. The first kappa shape index (κ1) is 25.0. The highest BCUT2D eigenvalue weighted by Gasteiger charge is 2.46. The topological polar surface area (TPSA) is 82.7 Å². The highest BCUT2D eigenvalue weighted by Crippen LogP contribution is 2.42. The molecule has 2 saturated heterocycles. The molecule has 1 aromatic heterocycles. The molecule has 4 unspecified atom stereocenters. The van der Waals surface area contributed by atoms with Gasteiger partial charge in [0.05, 0.1) is 22.6 Å². The maximum Gasteiger partial charge on any atom is 0.312 e. The average Bonchev–Trinajstić information content (AvgIpc) is 3.52. The van der Waals surface area contributed by atoms with Crippen molar-refractivity contribution in [1.82, 2.24) is 9.88 Å². The molecule has 0 bridgehead atoms. The van der Waals surface area contributed by atoms with Crippen LogP contribution >= 0.6 is 0 Å². The van der Waals surface area contributed by atoms with E-state index in [1.807, 2.05) is 43.5 Å². The lowest BCUT2D eigenvalue weighted by atomic mass is 9.72. The van der Waals surface area contributed by atoms with E-state index >= 15 is 4.39 Å². The molecule has 39 heavy (non-hydrogen) atoms. The fourth-order valence-electron chi connectivity index (χ4n) is 7.61. The van der Waals surface area contributed by atoms with Gasteiger partial charge in [-0.1, -0.05) is 24.3 Å². The Labute approximate surface area is 228 Å². The van der Waals surface area contributed by atoms with Gasteiger partial charge in [-0.25, -0.2) is 14.4 Å². The lowest BCUT2D eigenvalue weighted by Gasteiger charge is -2.39. The molecule has 0 amide bonds. The van der Waals surface area contributed by atoms with E-state index in [2.05, 4.69) is 14.9 Å². The molecule has 5 heterocycles. The van der Waals surface area contributed by atoms with Crippen LogP contribution in [0.4, 0.5) is 4.39 Å². The van der Waals surface area contributed by atoms with Crippen molar-refractivity contribution < 1.29 is 14.2 Å². The first-order chi connectivity index (χ1) is 18.9.